The number of ether oxygens (including phenoxy) is 1. The number of piperidine rings is 1. The first-order valence-electron chi connectivity index (χ1n) is 6.50. The van der Waals surface area contributed by atoms with Crippen LogP contribution in [0.5, 0.6) is 5.75 Å². The maximum Gasteiger partial charge on any atom is 0.227 e. The second kappa shape index (κ2) is 6.04. The summed E-state index contributed by atoms with van der Waals surface area (Å²) in [6.07, 6.45) is 1.14. The number of methoxy groups -OCH3 is 1. The quantitative estimate of drug-likeness (QED) is 0.812. The summed E-state index contributed by atoms with van der Waals surface area (Å²) in [5.74, 6) is 0.830. The molecule has 0 saturated carbocycles. The molecule has 0 bridgehead atoms. The second-order valence-electron chi connectivity index (χ2n) is 5.08. The lowest BCUT2D eigenvalue weighted by Gasteiger charge is -2.34. The summed E-state index contributed by atoms with van der Waals surface area (Å²) in [5.41, 5.74) is 12.7. The van der Waals surface area contributed by atoms with Crippen LogP contribution in [0.4, 0.5) is 0 Å². The highest BCUT2D eigenvalue weighted by molar-refractivity contribution is 5.79. The molecular weight excluding hydrogens is 242 g/mol. The summed E-state index contributed by atoms with van der Waals surface area (Å²) >= 11 is 0. The van der Waals surface area contributed by atoms with Gasteiger partial charge in [-0.05, 0) is 24.1 Å². The van der Waals surface area contributed by atoms with E-state index < -0.39 is 0 Å². The molecule has 0 spiro atoms. The molecule has 5 heteroatoms. The number of nitrogens with two attached hydrogens (primary N) is 2. The maximum absolute atomic E-state index is 12.2. The van der Waals surface area contributed by atoms with Crippen molar-refractivity contribution >= 4 is 5.91 Å². The van der Waals surface area contributed by atoms with Gasteiger partial charge in [0.2, 0.25) is 5.91 Å². The van der Waals surface area contributed by atoms with Crippen LogP contribution in [-0.2, 0) is 11.2 Å². The first-order valence-corrected chi connectivity index (χ1v) is 6.50. The third kappa shape index (κ3) is 3.68. The van der Waals surface area contributed by atoms with Gasteiger partial charge in [-0.15, -0.1) is 0 Å². The van der Waals surface area contributed by atoms with Crippen molar-refractivity contribution in [2.75, 3.05) is 20.2 Å². The van der Waals surface area contributed by atoms with Crippen LogP contribution in [0.3, 0.4) is 0 Å². The Labute approximate surface area is 113 Å². The standard InChI is InChI=1S/C14H21N3O2/c1-19-13-4-2-3-10(5-13)6-14(18)17-8-11(15)7-12(16)9-17/h2-5,11-12H,6-9,15-16H2,1H3. The molecule has 1 aromatic carbocycles. The molecule has 1 amide bonds. The van der Waals surface area contributed by atoms with Gasteiger partial charge in [-0.2, -0.15) is 0 Å². The van der Waals surface area contributed by atoms with Crippen molar-refractivity contribution in [1.82, 2.24) is 4.90 Å². The molecule has 0 aliphatic carbocycles. The molecule has 2 unspecified atom stereocenters. The largest absolute Gasteiger partial charge is 0.497 e. The normalized spacial score (nSPS) is 23.2. The summed E-state index contributed by atoms with van der Waals surface area (Å²) in [7, 11) is 1.61. The number of rotatable bonds is 3. The molecule has 1 aromatic rings. The number of amides is 1. The van der Waals surface area contributed by atoms with Gasteiger partial charge in [0.1, 0.15) is 5.75 Å². The fourth-order valence-electron chi connectivity index (χ4n) is 2.45. The predicted molar refractivity (Wildman–Crippen MR) is 73.8 cm³/mol. The van der Waals surface area contributed by atoms with E-state index in [0.717, 1.165) is 17.7 Å². The van der Waals surface area contributed by atoms with Crippen molar-refractivity contribution in [3.63, 3.8) is 0 Å². The molecule has 1 aliphatic heterocycles. The van der Waals surface area contributed by atoms with Crippen LogP contribution in [0.25, 0.3) is 0 Å². The van der Waals surface area contributed by atoms with Crippen molar-refractivity contribution in [2.24, 2.45) is 11.5 Å². The van der Waals surface area contributed by atoms with Crippen LogP contribution in [0.1, 0.15) is 12.0 Å². The Morgan fingerprint density at radius 2 is 2.05 bits per heavy atom. The smallest absolute Gasteiger partial charge is 0.227 e. The van der Waals surface area contributed by atoms with Crippen LogP contribution < -0.4 is 16.2 Å². The van der Waals surface area contributed by atoms with E-state index in [-0.39, 0.29) is 18.0 Å². The third-order valence-electron chi connectivity index (χ3n) is 3.36. The topological polar surface area (TPSA) is 81.6 Å². The minimum atomic E-state index is -0.0157. The summed E-state index contributed by atoms with van der Waals surface area (Å²) in [6.45, 7) is 1.19. The van der Waals surface area contributed by atoms with Gasteiger partial charge in [0.25, 0.3) is 0 Å². The van der Waals surface area contributed by atoms with Crippen molar-refractivity contribution in [3.05, 3.63) is 29.8 Å². The van der Waals surface area contributed by atoms with E-state index in [1.54, 1.807) is 12.0 Å². The van der Waals surface area contributed by atoms with Crippen molar-refractivity contribution in [1.29, 1.82) is 0 Å². The highest BCUT2D eigenvalue weighted by atomic mass is 16.5. The van der Waals surface area contributed by atoms with Crippen LogP contribution >= 0.6 is 0 Å². The molecular formula is C14H21N3O2. The van der Waals surface area contributed by atoms with Crippen LogP contribution in [0.15, 0.2) is 24.3 Å². The molecule has 0 aromatic heterocycles. The third-order valence-corrected chi connectivity index (χ3v) is 3.36. The van der Waals surface area contributed by atoms with Gasteiger partial charge >= 0.3 is 0 Å². The highest BCUT2D eigenvalue weighted by Gasteiger charge is 2.25. The van der Waals surface area contributed by atoms with Crippen molar-refractivity contribution in [2.45, 2.75) is 24.9 Å². The Balaban J connectivity index is 2.00. The van der Waals surface area contributed by atoms with E-state index in [0.29, 0.717) is 19.5 Å². The molecule has 1 saturated heterocycles. The summed E-state index contributed by atoms with van der Waals surface area (Å²) in [6, 6.07) is 7.51. The Hall–Kier alpha value is -1.59. The first kappa shape index (κ1) is 13.8. The molecule has 1 heterocycles. The summed E-state index contributed by atoms with van der Waals surface area (Å²) in [4.78, 5) is 14.0. The number of hydrogen-bond donors (Lipinski definition) is 2. The van der Waals surface area contributed by atoms with Crippen LogP contribution in [0.2, 0.25) is 0 Å². The van der Waals surface area contributed by atoms with Crippen LogP contribution in [-0.4, -0.2) is 43.1 Å². The molecule has 2 atom stereocenters. The lowest BCUT2D eigenvalue weighted by atomic mass is 10.0. The van der Waals surface area contributed by atoms with Gasteiger partial charge in [0, 0.05) is 25.2 Å². The van der Waals surface area contributed by atoms with Gasteiger partial charge in [-0.3, -0.25) is 4.79 Å². The number of benzene rings is 1. The molecule has 1 aliphatic rings. The molecule has 4 N–H and O–H groups in total. The molecule has 1 fully saturated rings. The predicted octanol–water partition coefficient (Wildman–Crippen LogP) is 0.125. The van der Waals surface area contributed by atoms with Crippen molar-refractivity contribution < 1.29 is 9.53 Å². The summed E-state index contributed by atoms with van der Waals surface area (Å²) in [5, 5.41) is 0. The Bertz CT molecular complexity index is 440. The van der Waals surface area contributed by atoms with Gasteiger partial charge in [0.05, 0.1) is 13.5 Å². The fourth-order valence-corrected chi connectivity index (χ4v) is 2.45. The zero-order valence-corrected chi connectivity index (χ0v) is 11.2. The van der Waals surface area contributed by atoms with E-state index in [2.05, 4.69) is 0 Å². The monoisotopic (exact) mass is 263 g/mol. The molecule has 2 rings (SSSR count). The van der Waals surface area contributed by atoms with E-state index >= 15 is 0 Å². The van der Waals surface area contributed by atoms with Gasteiger partial charge < -0.3 is 21.1 Å². The molecule has 0 radical (unpaired) electrons. The minimum Gasteiger partial charge on any atom is -0.497 e. The zero-order valence-electron chi connectivity index (χ0n) is 11.2. The molecule has 19 heavy (non-hydrogen) atoms. The van der Waals surface area contributed by atoms with Gasteiger partial charge in [-0.1, -0.05) is 12.1 Å². The van der Waals surface area contributed by atoms with E-state index in [1.165, 1.54) is 0 Å². The number of nitrogens with zero attached hydrogens (tertiary/aromatic N) is 1. The average molecular weight is 263 g/mol. The Kier molecular flexibility index (Phi) is 4.39. The van der Waals surface area contributed by atoms with Gasteiger partial charge in [-0.25, -0.2) is 0 Å². The van der Waals surface area contributed by atoms with Gasteiger partial charge in [0.15, 0.2) is 0 Å². The second-order valence-corrected chi connectivity index (χ2v) is 5.08. The number of carbonyl (C=O) groups is 1. The van der Waals surface area contributed by atoms with E-state index in [4.69, 9.17) is 16.2 Å². The number of carbonyl (C=O) groups excluding carboxylic acids is 1. The fraction of sp³-hybridized carbons (Fsp3) is 0.500. The highest BCUT2D eigenvalue weighted by Crippen LogP contribution is 2.15. The summed E-state index contributed by atoms with van der Waals surface area (Å²) < 4.78 is 5.15. The maximum atomic E-state index is 12.2. The lowest BCUT2D eigenvalue weighted by Crippen LogP contribution is -2.54. The first-order chi connectivity index (χ1) is 9.08. The number of likely N-dealkylation sites (tertiary alicyclic amines) is 1. The Morgan fingerprint density at radius 1 is 1.37 bits per heavy atom. The van der Waals surface area contributed by atoms with Crippen LogP contribution in [0, 0.1) is 0 Å². The average Bonchev–Trinajstić information content (AvgIpc) is 2.37. The molecule has 5 nitrogen and oxygen atoms in total. The number of hydrogen-bond acceptors (Lipinski definition) is 4. The zero-order chi connectivity index (χ0) is 13.8. The lowest BCUT2D eigenvalue weighted by molar-refractivity contribution is -0.131. The SMILES string of the molecule is COc1cccc(CC(=O)N2CC(N)CC(N)C2)c1. The Morgan fingerprint density at radius 3 is 2.68 bits per heavy atom. The molecule has 104 valence electrons. The van der Waals surface area contributed by atoms with E-state index in [1.807, 2.05) is 24.3 Å². The minimum absolute atomic E-state index is 0.0157. The van der Waals surface area contributed by atoms with Crippen molar-refractivity contribution in [3.8, 4) is 5.75 Å². The van der Waals surface area contributed by atoms with E-state index in [9.17, 15) is 4.79 Å².